The zero-order valence-electron chi connectivity index (χ0n) is 23.3. The first-order valence-corrected chi connectivity index (χ1v) is 14.4. The van der Waals surface area contributed by atoms with Crippen molar-refractivity contribution in [2.45, 2.75) is 59.4 Å². The van der Waals surface area contributed by atoms with Gasteiger partial charge in [-0.25, -0.2) is 4.98 Å². The largest absolute Gasteiger partial charge is 0.433 e. The van der Waals surface area contributed by atoms with Crippen LogP contribution in [0.5, 0.6) is 0 Å². The summed E-state index contributed by atoms with van der Waals surface area (Å²) < 4.78 is 42.4. The van der Waals surface area contributed by atoms with Crippen molar-refractivity contribution in [2.24, 2.45) is 17.3 Å². The summed E-state index contributed by atoms with van der Waals surface area (Å²) in [6, 6.07) is 3.89. The zero-order chi connectivity index (χ0) is 29.6. The van der Waals surface area contributed by atoms with Crippen LogP contribution >= 0.6 is 11.3 Å². The minimum atomic E-state index is -4.71. The van der Waals surface area contributed by atoms with Crippen LogP contribution in [0.3, 0.4) is 0 Å². The van der Waals surface area contributed by atoms with Crippen molar-refractivity contribution in [1.29, 1.82) is 0 Å². The number of aryl methyl sites for hydroxylation is 1. The van der Waals surface area contributed by atoms with Crippen LogP contribution in [0.4, 0.5) is 13.2 Å². The Kier molecular flexibility index (Phi) is 6.31. The standard InChI is InChI=1S/C29H30F3N5O3S/c1-13-8-19(29(30,31)32)35-23(20(13)25(38)37-14(2)10-33-11-15(37)3)17-6-7-34-18-9-16(41-24(17)18)12-36-26(39)21-22(27(36)40)28(21,4)5/h6-9,14-15,21-22,33H,10-12H2,1-5H3/t14-,15-,21?,22?/m1/s1. The van der Waals surface area contributed by atoms with Gasteiger partial charge in [-0.2, -0.15) is 13.2 Å². The Hall–Kier alpha value is -3.38. The maximum atomic E-state index is 14.0. The van der Waals surface area contributed by atoms with Crippen LogP contribution in [0, 0.1) is 24.2 Å². The van der Waals surface area contributed by atoms with Crippen molar-refractivity contribution in [3.8, 4) is 11.3 Å². The number of hydrogen-bond acceptors (Lipinski definition) is 7. The molecule has 3 aromatic rings. The molecule has 3 aliphatic rings. The molecule has 8 nitrogen and oxygen atoms in total. The minimum absolute atomic E-state index is 0.0580. The van der Waals surface area contributed by atoms with E-state index in [9.17, 15) is 27.6 Å². The fourth-order valence-corrected chi connectivity index (χ4v) is 7.63. The van der Waals surface area contributed by atoms with Gasteiger partial charge in [0.05, 0.1) is 39.9 Å². The molecule has 3 fully saturated rings. The molecule has 41 heavy (non-hydrogen) atoms. The van der Waals surface area contributed by atoms with Crippen molar-refractivity contribution < 1.29 is 27.6 Å². The molecule has 0 bridgehead atoms. The molecule has 2 saturated heterocycles. The fraction of sp³-hybridized carbons (Fsp3) is 0.483. The Morgan fingerprint density at radius 1 is 1.12 bits per heavy atom. The van der Waals surface area contributed by atoms with E-state index < -0.39 is 11.9 Å². The number of halogens is 3. The van der Waals surface area contributed by atoms with Gasteiger partial charge in [-0.1, -0.05) is 13.8 Å². The minimum Gasteiger partial charge on any atom is -0.331 e. The number of fused-ring (bicyclic) bond motifs is 2. The first-order valence-electron chi connectivity index (χ1n) is 13.6. The Bertz CT molecular complexity index is 1580. The summed E-state index contributed by atoms with van der Waals surface area (Å²) in [5, 5.41) is 3.27. The molecule has 4 atom stereocenters. The number of aromatic nitrogens is 2. The summed E-state index contributed by atoms with van der Waals surface area (Å²) in [7, 11) is 0. The molecule has 3 aromatic heterocycles. The smallest absolute Gasteiger partial charge is 0.331 e. The van der Waals surface area contributed by atoms with Gasteiger partial charge in [0.1, 0.15) is 5.69 Å². The molecule has 2 unspecified atom stereocenters. The van der Waals surface area contributed by atoms with Crippen LogP contribution in [-0.4, -0.2) is 62.7 Å². The molecule has 1 N–H and O–H groups in total. The molecular formula is C29H30F3N5O3S. The molecule has 3 amide bonds. The van der Waals surface area contributed by atoms with E-state index in [2.05, 4.69) is 15.3 Å². The number of imide groups is 1. The monoisotopic (exact) mass is 585 g/mol. The molecule has 12 heteroatoms. The third kappa shape index (κ3) is 4.34. The maximum Gasteiger partial charge on any atom is 0.433 e. The van der Waals surface area contributed by atoms with Gasteiger partial charge in [-0.15, -0.1) is 11.3 Å². The van der Waals surface area contributed by atoms with E-state index in [4.69, 9.17) is 0 Å². The number of nitrogens with one attached hydrogen (secondary N) is 1. The van der Waals surface area contributed by atoms with E-state index in [1.54, 1.807) is 17.0 Å². The number of piperazine rings is 1. The van der Waals surface area contributed by atoms with Crippen molar-refractivity contribution in [1.82, 2.24) is 25.1 Å². The lowest BCUT2D eigenvalue weighted by molar-refractivity contribution is -0.144. The lowest BCUT2D eigenvalue weighted by Crippen LogP contribution is -2.57. The second kappa shape index (κ2) is 9.32. The van der Waals surface area contributed by atoms with Gasteiger partial charge in [0.15, 0.2) is 0 Å². The Morgan fingerprint density at radius 3 is 2.37 bits per heavy atom. The molecule has 5 heterocycles. The highest BCUT2D eigenvalue weighted by molar-refractivity contribution is 7.19. The van der Waals surface area contributed by atoms with E-state index >= 15 is 0 Å². The second-order valence-corrected chi connectivity index (χ2v) is 13.1. The normalized spacial score (nSPS) is 25.7. The molecule has 1 saturated carbocycles. The van der Waals surface area contributed by atoms with Gasteiger partial charge in [0, 0.05) is 41.8 Å². The highest BCUT2D eigenvalue weighted by Crippen LogP contribution is 2.63. The number of thiophene rings is 1. The summed E-state index contributed by atoms with van der Waals surface area (Å²) in [6.45, 7) is 10.3. The van der Waals surface area contributed by atoms with Gasteiger partial charge in [-0.05, 0) is 49.9 Å². The summed E-state index contributed by atoms with van der Waals surface area (Å²) >= 11 is 1.24. The van der Waals surface area contributed by atoms with Gasteiger partial charge in [-0.3, -0.25) is 24.3 Å². The number of pyridine rings is 2. The van der Waals surface area contributed by atoms with Crippen molar-refractivity contribution in [3.05, 3.63) is 46.1 Å². The number of piperidine rings is 1. The van der Waals surface area contributed by atoms with Gasteiger partial charge in [0.2, 0.25) is 11.8 Å². The Morgan fingerprint density at radius 2 is 1.76 bits per heavy atom. The van der Waals surface area contributed by atoms with Crippen molar-refractivity contribution in [3.63, 3.8) is 0 Å². The predicted octanol–water partition coefficient (Wildman–Crippen LogP) is 4.65. The van der Waals surface area contributed by atoms with Crippen LogP contribution in [0.15, 0.2) is 24.4 Å². The molecule has 216 valence electrons. The van der Waals surface area contributed by atoms with Crippen LogP contribution in [-0.2, 0) is 22.3 Å². The average Bonchev–Trinajstić information content (AvgIpc) is 3.13. The van der Waals surface area contributed by atoms with Crippen LogP contribution in [0.2, 0.25) is 0 Å². The van der Waals surface area contributed by atoms with Crippen molar-refractivity contribution >= 4 is 39.3 Å². The topological polar surface area (TPSA) is 95.5 Å². The summed E-state index contributed by atoms with van der Waals surface area (Å²) in [5.74, 6) is -1.38. The summed E-state index contributed by atoms with van der Waals surface area (Å²) in [4.78, 5) is 51.9. The first-order chi connectivity index (χ1) is 19.2. The van der Waals surface area contributed by atoms with Crippen molar-refractivity contribution in [2.75, 3.05) is 13.1 Å². The molecule has 6 rings (SSSR count). The summed E-state index contributed by atoms with van der Waals surface area (Å²) in [5.41, 5.74) is -0.323. The maximum absolute atomic E-state index is 14.0. The quantitative estimate of drug-likeness (QED) is 0.448. The molecule has 0 spiro atoms. The lowest BCUT2D eigenvalue weighted by atomic mass is 9.97. The molecule has 2 aliphatic heterocycles. The van der Waals surface area contributed by atoms with Crippen LogP contribution < -0.4 is 5.32 Å². The van der Waals surface area contributed by atoms with E-state index in [1.165, 1.54) is 29.4 Å². The number of carbonyl (C=O) groups excluding carboxylic acids is 3. The molecule has 1 aliphatic carbocycles. The number of carbonyl (C=O) groups is 3. The zero-order valence-corrected chi connectivity index (χ0v) is 24.1. The van der Waals surface area contributed by atoms with Gasteiger partial charge < -0.3 is 10.2 Å². The van der Waals surface area contributed by atoms with E-state index in [1.807, 2.05) is 27.7 Å². The van der Waals surface area contributed by atoms with Gasteiger partial charge in [0.25, 0.3) is 5.91 Å². The third-order valence-electron chi connectivity index (χ3n) is 8.71. The summed E-state index contributed by atoms with van der Waals surface area (Å²) in [6.07, 6.45) is -3.24. The second-order valence-electron chi connectivity index (χ2n) is 11.9. The van der Waals surface area contributed by atoms with Crippen LogP contribution in [0.1, 0.15) is 54.2 Å². The number of rotatable bonds is 4. The van der Waals surface area contributed by atoms with E-state index in [0.717, 1.165) is 6.07 Å². The Balaban J connectivity index is 1.45. The Labute approximate surface area is 238 Å². The number of hydrogen-bond donors (Lipinski definition) is 1. The number of likely N-dealkylation sites (tertiary alicyclic amines) is 1. The number of nitrogens with zero attached hydrogens (tertiary/aromatic N) is 4. The van der Waals surface area contributed by atoms with E-state index in [-0.39, 0.29) is 70.4 Å². The number of amides is 3. The van der Waals surface area contributed by atoms with Gasteiger partial charge >= 0.3 is 6.18 Å². The van der Waals surface area contributed by atoms with E-state index in [0.29, 0.717) is 33.7 Å². The molecule has 0 aromatic carbocycles. The lowest BCUT2D eigenvalue weighted by Gasteiger charge is -2.40. The van der Waals surface area contributed by atoms with Crippen LogP contribution in [0.25, 0.3) is 21.5 Å². The highest BCUT2D eigenvalue weighted by atomic mass is 32.1. The number of alkyl halides is 3. The molecular weight excluding hydrogens is 555 g/mol. The average molecular weight is 586 g/mol. The SMILES string of the molecule is Cc1cc(C(F)(F)F)nc(-c2ccnc3cc(CN4C(=O)C5C(C4=O)C5(C)C)sc23)c1C(=O)N1[C@H](C)CNC[C@H]1C. The highest BCUT2D eigenvalue weighted by Gasteiger charge is 2.72. The third-order valence-corrected chi connectivity index (χ3v) is 9.85. The molecule has 0 radical (unpaired) electrons. The predicted molar refractivity (Wildman–Crippen MR) is 147 cm³/mol. The first kappa shape index (κ1) is 27.8. The fourth-order valence-electron chi connectivity index (χ4n) is 6.51.